The highest BCUT2D eigenvalue weighted by Crippen LogP contribution is 2.32. The van der Waals surface area contributed by atoms with Gasteiger partial charge in [-0.2, -0.15) is 4.98 Å². The van der Waals surface area contributed by atoms with Crippen LogP contribution in [0.25, 0.3) is 0 Å². The summed E-state index contributed by atoms with van der Waals surface area (Å²) in [6.45, 7) is 5.80. The van der Waals surface area contributed by atoms with E-state index in [0.29, 0.717) is 30.2 Å². The number of carboxylic acid groups (broad SMARTS) is 1. The van der Waals surface area contributed by atoms with Crippen LogP contribution >= 0.6 is 0 Å². The standard InChI is InChI=1S/C25H28N2O5/c1-17-10-12-19(13-11-17)14-15-31-25(3,20-8-6-5-7-9-20)22(23(28)29)32-24-26-18(2)16-21(27-24)30-4/h5-13,16,22H,14-15H2,1-4H3,(H,28,29)/t22-,25-/m1/s1. The third kappa shape index (κ3) is 5.62. The SMILES string of the molecule is COc1cc(C)nc(O[C@H](C(=O)O)[C@](C)(OCCc2ccc(C)cc2)c2ccccc2)n1. The summed E-state index contributed by atoms with van der Waals surface area (Å²) >= 11 is 0. The molecule has 0 spiro atoms. The third-order valence-electron chi connectivity index (χ3n) is 5.23. The molecule has 0 saturated heterocycles. The zero-order valence-corrected chi connectivity index (χ0v) is 18.7. The number of ether oxygens (including phenoxy) is 3. The van der Waals surface area contributed by atoms with E-state index < -0.39 is 17.7 Å². The Hall–Kier alpha value is -3.45. The van der Waals surface area contributed by atoms with Crippen molar-refractivity contribution in [3.05, 3.63) is 83.0 Å². The lowest BCUT2D eigenvalue weighted by molar-refractivity contribution is -0.168. The highest BCUT2D eigenvalue weighted by Gasteiger charge is 2.44. The average Bonchev–Trinajstić information content (AvgIpc) is 2.78. The van der Waals surface area contributed by atoms with Gasteiger partial charge in [0.05, 0.1) is 13.7 Å². The van der Waals surface area contributed by atoms with Gasteiger partial charge in [-0.05, 0) is 38.3 Å². The smallest absolute Gasteiger partial charge is 0.348 e. The molecule has 0 radical (unpaired) electrons. The van der Waals surface area contributed by atoms with E-state index in [4.69, 9.17) is 14.2 Å². The Kier molecular flexibility index (Phi) is 7.43. The van der Waals surface area contributed by atoms with Crippen LogP contribution in [-0.2, 0) is 21.6 Å². The van der Waals surface area contributed by atoms with Crippen LogP contribution in [0.2, 0.25) is 0 Å². The number of benzene rings is 2. The van der Waals surface area contributed by atoms with Crippen molar-refractivity contribution in [2.45, 2.75) is 38.9 Å². The van der Waals surface area contributed by atoms with Crippen LogP contribution in [-0.4, -0.2) is 40.9 Å². The minimum absolute atomic E-state index is 0.0847. The third-order valence-corrected chi connectivity index (χ3v) is 5.23. The van der Waals surface area contributed by atoms with Gasteiger partial charge < -0.3 is 19.3 Å². The molecule has 2 atom stereocenters. The van der Waals surface area contributed by atoms with Crippen LogP contribution in [0.4, 0.5) is 0 Å². The molecule has 7 heteroatoms. The molecule has 0 amide bonds. The Morgan fingerprint density at radius 2 is 1.75 bits per heavy atom. The molecule has 168 valence electrons. The number of aryl methyl sites for hydroxylation is 2. The number of hydrogen-bond donors (Lipinski definition) is 1. The molecule has 2 aromatic carbocycles. The van der Waals surface area contributed by atoms with Crippen molar-refractivity contribution in [2.24, 2.45) is 0 Å². The van der Waals surface area contributed by atoms with Crippen LogP contribution < -0.4 is 9.47 Å². The Balaban J connectivity index is 1.89. The lowest BCUT2D eigenvalue weighted by atomic mass is 9.89. The number of aromatic nitrogens is 2. The molecule has 0 aliphatic heterocycles. The summed E-state index contributed by atoms with van der Waals surface area (Å²) in [5.41, 5.74) is 2.26. The number of carboxylic acids is 1. The van der Waals surface area contributed by atoms with Crippen LogP contribution in [0.15, 0.2) is 60.7 Å². The first-order valence-electron chi connectivity index (χ1n) is 10.4. The summed E-state index contributed by atoms with van der Waals surface area (Å²) in [6.07, 6.45) is -0.765. The predicted octanol–water partition coefficient (Wildman–Crippen LogP) is 4.11. The molecule has 3 rings (SSSR count). The normalized spacial score (nSPS) is 13.8. The second-order valence-corrected chi connectivity index (χ2v) is 7.73. The maximum absolute atomic E-state index is 12.3. The number of methoxy groups -OCH3 is 1. The molecule has 0 fully saturated rings. The molecular formula is C25H28N2O5. The fraction of sp³-hybridized carbons (Fsp3) is 0.320. The van der Waals surface area contributed by atoms with Gasteiger partial charge in [0.15, 0.2) is 0 Å². The second kappa shape index (κ2) is 10.2. The van der Waals surface area contributed by atoms with E-state index in [1.807, 2.05) is 61.5 Å². The van der Waals surface area contributed by atoms with E-state index in [-0.39, 0.29) is 6.01 Å². The van der Waals surface area contributed by atoms with E-state index >= 15 is 0 Å². The minimum atomic E-state index is -1.39. The van der Waals surface area contributed by atoms with E-state index in [2.05, 4.69) is 9.97 Å². The van der Waals surface area contributed by atoms with Gasteiger partial charge in [0.2, 0.25) is 12.0 Å². The van der Waals surface area contributed by atoms with Crippen molar-refractivity contribution < 1.29 is 24.1 Å². The van der Waals surface area contributed by atoms with Crippen molar-refractivity contribution in [2.75, 3.05) is 13.7 Å². The molecule has 1 aromatic heterocycles. The highest BCUT2D eigenvalue weighted by atomic mass is 16.6. The zero-order chi connectivity index (χ0) is 23.1. The number of carbonyl (C=O) groups is 1. The van der Waals surface area contributed by atoms with Crippen molar-refractivity contribution in [3.63, 3.8) is 0 Å². The first-order valence-corrected chi connectivity index (χ1v) is 10.4. The van der Waals surface area contributed by atoms with Gasteiger partial charge >= 0.3 is 12.0 Å². The van der Waals surface area contributed by atoms with Gasteiger partial charge in [-0.3, -0.25) is 0 Å². The molecule has 0 saturated carbocycles. The summed E-state index contributed by atoms with van der Waals surface area (Å²) in [4.78, 5) is 20.7. The maximum atomic E-state index is 12.3. The highest BCUT2D eigenvalue weighted by molar-refractivity contribution is 5.75. The van der Waals surface area contributed by atoms with Crippen molar-refractivity contribution >= 4 is 5.97 Å². The molecule has 0 aliphatic carbocycles. The maximum Gasteiger partial charge on any atom is 0.348 e. The molecule has 0 aliphatic rings. The van der Waals surface area contributed by atoms with Crippen LogP contribution in [0.3, 0.4) is 0 Å². The van der Waals surface area contributed by atoms with Gasteiger partial charge in [0.25, 0.3) is 0 Å². The molecule has 7 nitrogen and oxygen atoms in total. The van der Waals surface area contributed by atoms with Gasteiger partial charge in [-0.15, -0.1) is 0 Å². The fourth-order valence-electron chi connectivity index (χ4n) is 3.39. The zero-order valence-electron chi connectivity index (χ0n) is 18.7. The number of nitrogens with zero attached hydrogens (tertiary/aromatic N) is 2. The Morgan fingerprint density at radius 3 is 2.38 bits per heavy atom. The first-order chi connectivity index (χ1) is 15.3. The lowest BCUT2D eigenvalue weighted by Gasteiger charge is -2.35. The summed E-state index contributed by atoms with van der Waals surface area (Å²) in [7, 11) is 1.47. The van der Waals surface area contributed by atoms with Crippen molar-refractivity contribution in [3.8, 4) is 11.9 Å². The molecule has 3 aromatic rings. The van der Waals surface area contributed by atoms with Crippen molar-refractivity contribution in [1.29, 1.82) is 0 Å². The summed E-state index contributed by atoms with van der Waals surface area (Å²) in [5.74, 6) is -0.894. The molecule has 0 bridgehead atoms. The predicted molar refractivity (Wildman–Crippen MR) is 120 cm³/mol. The van der Waals surface area contributed by atoms with Gasteiger partial charge in [0.1, 0.15) is 5.60 Å². The van der Waals surface area contributed by atoms with Gasteiger partial charge in [-0.1, -0.05) is 60.2 Å². The lowest BCUT2D eigenvalue weighted by Crippen LogP contribution is -2.49. The first kappa shape index (κ1) is 23.2. The van der Waals surface area contributed by atoms with E-state index in [0.717, 1.165) is 5.56 Å². The number of aliphatic carboxylic acids is 1. The molecule has 32 heavy (non-hydrogen) atoms. The quantitative estimate of drug-likeness (QED) is 0.511. The summed E-state index contributed by atoms with van der Waals surface area (Å²) in [5, 5.41) is 10.1. The summed E-state index contributed by atoms with van der Waals surface area (Å²) in [6, 6.07) is 18.9. The van der Waals surface area contributed by atoms with Crippen LogP contribution in [0.5, 0.6) is 11.9 Å². The fourth-order valence-corrected chi connectivity index (χ4v) is 3.39. The molecule has 1 heterocycles. The van der Waals surface area contributed by atoms with E-state index in [1.54, 1.807) is 19.9 Å². The van der Waals surface area contributed by atoms with Crippen LogP contribution in [0.1, 0.15) is 29.3 Å². The van der Waals surface area contributed by atoms with Crippen LogP contribution in [0, 0.1) is 13.8 Å². The number of rotatable bonds is 10. The summed E-state index contributed by atoms with van der Waals surface area (Å²) < 4.78 is 17.2. The van der Waals surface area contributed by atoms with E-state index in [1.165, 1.54) is 12.7 Å². The Bertz CT molecular complexity index is 1040. The van der Waals surface area contributed by atoms with Gasteiger partial charge in [0, 0.05) is 11.8 Å². The Morgan fingerprint density at radius 1 is 1.06 bits per heavy atom. The minimum Gasteiger partial charge on any atom is -0.481 e. The second-order valence-electron chi connectivity index (χ2n) is 7.73. The van der Waals surface area contributed by atoms with Gasteiger partial charge in [-0.25, -0.2) is 9.78 Å². The Labute approximate surface area is 188 Å². The average molecular weight is 437 g/mol. The monoisotopic (exact) mass is 436 g/mol. The topological polar surface area (TPSA) is 90.8 Å². The molecule has 0 unspecified atom stereocenters. The largest absolute Gasteiger partial charge is 0.481 e. The molecule has 1 N–H and O–H groups in total. The molecular weight excluding hydrogens is 408 g/mol. The van der Waals surface area contributed by atoms with E-state index in [9.17, 15) is 9.90 Å². The van der Waals surface area contributed by atoms with Crippen molar-refractivity contribution in [1.82, 2.24) is 9.97 Å². The number of hydrogen-bond acceptors (Lipinski definition) is 6.